The van der Waals surface area contributed by atoms with E-state index in [9.17, 15) is 14.4 Å². The Morgan fingerprint density at radius 2 is 2.17 bits per heavy atom. The van der Waals surface area contributed by atoms with Crippen LogP contribution in [0.2, 0.25) is 0 Å². The molecule has 3 aromatic heterocycles. The third-order valence-corrected chi connectivity index (χ3v) is 3.32. The summed E-state index contributed by atoms with van der Waals surface area (Å²) in [6.07, 6.45) is 2.96. The van der Waals surface area contributed by atoms with Crippen molar-refractivity contribution in [2.24, 2.45) is 0 Å². The summed E-state index contributed by atoms with van der Waals surface area (Å²) in [4.78, 5) is 40.5. The lowest BCUT2D eigenvalue weighted by molar-refractivity contribution is -0.104. The molecule has 0 saturated carbocycles. The molecule has 0 atom stereocenters. The van der Waals surface area contributed by atoms with E-state index in [1.54, 1.807) is 0 Å². The Balaban J connectivity index is 2.26. The zero-order chi connectivity index (χ0) is 16.6. The molecule has 116 valence electrons. The molecule has 3 N–H and O–H groups in total. The van der Waals surface area contributed by atoms with E-state index in [4.69, 9.17) is 9.84 Å². The van der Waals surface area contributed by atoms with Crippen molar-refractivity contribution in [3.8, 4) is 17.1 Å². The van der Waals surface area contributed by atoms with Gasteiger partial charge in [-0.05, 0) is 0 Å². The number of fused-ring (bicyclic) bond motifs is 1. The average molecular weight is 314 g/mol. The summed E-state index contributed by atoms with van der Waals surface area (Å²) < 4.78 is 5.18. The van der Waals surface area contributed by atoms with Crippen LogP contribution in [0.3, 0.4) is 0 Å². The lowest BCUT2D eigenvalue weighted by Crippen LogP contribution is -1.99. The molecule has 0 aromatic carbocycles. The van der Waals surface area contributed by atoms with Crippen LogP contribution in [0.4, 0.5) is 0 Å². The van der Waals surface area contributed by atoms with Gasteiger partial charge in [0.1, 0.15) is 22.8 Å². The standard InChI is InChI=1S/C14H10N4O5/c1-23-10-4-16-12(7-2-8(14(21)22)18-17-7)13-11(10)6(3-15-13)9(20)5-19/h2-5,15H,1H3,(H,17,18)(H,21,22). The number of hydrogen-bond acceptors (Lipinski definition) is 6. The number of aromatic carboxylic acids is 1. The third-order valence-electron chi connectivity index (χ3n) is 3.32. The molecule has 9 heteroatoms. The number of aromatic nitrogens is 4. The topological polar surface area (TPSA) is 138 Å². The van der Waals surface area contributed by atoms with Crippen LogP contribution in [0, 0.1) is 0 Å². The summed E-state index contributed by atoms with van der Waals surface area (Å²) in [7, 11) is 1.41. The highest BCUT2D eigenvalue weighted by atomic mass is 16.5. The van der Waals surface area contributed by atoms with E-state index in [0.717, 1.165) is 0 Å². The first-order valence-corrected chi connectivity index (χ1v) is 6.39. The van der Waals surface area contributed by atoms with Crippen molar-refractivity contribution in [1.29, 1.82) is 0 Å². The normalized spacial score (nSPS) is 10.7. The number of pyridine rings is 1. The fourth-order valence-corrected chi connectivity index (χ4v) is 2.28. The van der Waals surface area contributed by atoms with Crippen LogP contribution in [0.25, 0.3) is 22.3 Å². The minimum atomic E-state index is -1.16. The number of carbonyl (C=O) groups excluding carboxylic acids is 2. The molecule has 0 bridgehead atoms. The molecule has 0 aliphatic rings. The quantitative estimate of drug-likeness (QED) is 0.363. The number of nitrogens with one attached hydrogen (secondary N) is 2. The molecule has 3 rings (SSSR count). The number of rotatable bonds is 5. The second-order valence-electron chi connectivity index (χ2n) is 4.58. The van der Waals surface area contributed by atoms with E-state index in [0.29, 0.717) is 22.3 Å². The van der Waals surface area contributed by atoms with Gasteiger partial charge < -0.3 is 14.8 Å². The predicted octanol–water partition coefficient (Wildman–Crippen LogP) is 1.04. The highest BCUT2D eigenvalue weighted by molar-refractivity contribution is 6.37. The Bertz CT molecular complexity index is 940. The van der Waals surface area contributed by atoms with E-state index < -0.39 is 11.8 Å². The number of hydrogen-bond donors (Lipinski definition) is 3. The lowest BCUT2D eigenvalue weighted by atomic mass is 10.1. The number of carboxylic acid groups (broad SMARTS) is 1. The highest BCUT2D eigenvalue weighted by Gasteiger charge is 2.21. The van der Waals surface area contributed by atoms with Gasteiger partial charge in [0, 0.05) is 12.3 Å². The van der Waals surface area contributed by atoms with Gasteiger partial charge in [0.05, 0.1) is 29.8 Å². The number of Topliss-reactive ketones (excluding diaryl/α,β-unsaturated/α-hetero) is 1. The highest BCUT2D eigenvalue weighted by Crippen LogP contribution is 2.33. The number of carboxylic acids is 1. The van der Waals surface area contributed by atoms with Crippen molar-refractivity contribution in [2.45, 2.75) is 0 Å². The van der Waals surface area contributed by atoms with Crippen LogP contribution >= 0.6 is 0 Å². The smallest absolute Gasteiger partial charge is 0.353 e. The maximum Gasteiger partial charge on any atom is 0.353 e. The molecule has 0 amide bonds. The van der Waals surface area contributed by atoms with Gasteiger partial charge in [-0.25, -0.2) is 9.78 Å². The molecule has 0 radical (unpaired) electrons. The summed E-state index contributed by atoms with van der Waals surface area (Å²) in [5, 5.41) is 15.6. The van der Waals surface area contributed by atoms with Crippen molar-refractivity contribution >= 4 is 28.9 Å². The molecule has 0 saturated heterocycles. The summed E-state index contributed by atoms with van der Waals surface area (Å²) in [6, 6.07) is 1.32. The monoisotopic (exact) mass is 314 g/mol. The zero-order valence-corrected chi connectivity index (χ0v) is 11.8. The van der Waals surface area contributed by atoms with Crippen LogP contribution in [0.1, 0.15) is 20.8 Å². The molecule has 3 heterocycles. The molecule has 0 unspecified atom stereocenters. The number of aromatic amines is 2. The summed E-state index contributed by atoms with van der Waals surface area (Å²) >= 11 is 0. The second kappa shape index (κ2) is 5.37. The summed E-state index contributed by atoms with van der Waals surface area (Å²) in [5.41, 5.74) is 1.07. The Labute approximate surface area is 128 Å². The fraction of sp³-hybridized carbons (Fsp3) is 0.0714. The Kier molecular flexibility index (Phi) is 3.37. The van der Waals surface area contributed by atoms with E-state index in [1.807, 2.05) is 0 Å². The Morgan fingerprint density at radius 3 is 2.78 bits per heavy atom. The minimum Gasteiger partial charge on any atom is -0.494 e. The Morgan fingerprint density at radius 1 is 1.39 bits per heavy atom. The van der Waals surface area contributed by atoms with Crippen LogP contribution in [-0.2, 0) is 4.79 Å². The molecule has 0 aliphatic heterocycles. The van der Waals surface area contributed by atoms with Crippen molar-refractivity contribution in [1.82, 2.24) is 20.2 Å². The lowest BCUT2D eigenvalue weighted by Gasteiger charge is -2.05. The molecule has 0 aliphatic carbocycles. The van der Waals surface area contributed by atoms with E-state index >= 15 is 0 Å². The number of ether oxygens (including phenoxy) is 1. The molecule has 9 nitrogen and oxygen atoms in total. The molecular formula is C14H10N4O5. The van der Waals surface area contributed by atoms with Gasteiger partial charge in [-0.1, -0.05) is 0 Å². The molecular weight excluding hydrogens is 304 g/mol. The molecule has 3 aromatic rings. The maximum atomic E-state index is 11.7. The summed E-state index contributed by atoms with van der Waals surface area (Å²) in [6.45, 7) is 0. The first-order valence-electron chi connectivity index (χ1n) is 6.39. The zero-order valence-electron chi connectivity index (χ0n) is 11.8. The van der Waals surface area contributed by atoms with Gasteiger partial charge in [-0.15, -0.1) is 0 Å². The van der Waals surface area contributed by atoms with Crippen LogP contribution in [0.15, 0.2) is 18.5 Å². The third kappa shape index (κ3) is 2.24. The van der Waals surface area contributed by atoms with E-state index in [2.05, 4.69) is 20.2 Å². The minimum absolute atomic E-state index is 0.0958. The first kappa shape index (κ1) is 14.4. The number of ketones is 1. The average Bonchev–Trinajstić information content (AvgIpc) is 3.20. The van der Waals surface area contributed by atoms with Crippen molar-refractivity contribution < 1.29 is 24.2 Å². The molecule has 0 fully saturated rings. The number of carbonyl (C=O) groups is 3. The van der Waals surface area contributed by atoms with Gasteiger partial charge in [0.25, 0.3) is 0 Å². The SMILES string of the molecule is COc1cnc(-c2cc(C(=O)O)[nH]n2)c2[nH]cc(C(=O)C=O)c12. The van der Waals surface area contributed by atoms with E-state index in [1.165, 1.54) is 25.6 Å². The fourth-order valence-electron chi connectivity index (χ4n) is 2.28. The van der Waals surface area contributed by atoms with E-state index in [-0.39, 0.29) is 23.2 Å². The first-order chi connectivity index (χ1) is 11.1. The predicted molar refractivity (Wildman–Crippen MR) is 77.6 cm³/mol. The van der Waals surface area contributed by atoms with Crippen molar-refractivity contribution in [3.05, 3.63) is 29.7 Å². The number of H-pyrrole nitrogens is 2. The van der Waals surface area contributed by atoms with Crippen LogP contribution in [-0.4, -0.2) is 50.4 Å². The van der Waals surface area contributed by atoms with Gasteiger partial charge >= 0.3 is 5.97 Å². The number of methoxy groups -OCH3 is 1. The molecule has 0 spiro atoms. The largest absolute Gasteiger partial charge is 0.494 e. The Hall–Kier alpha value is -3.49. The van der Waals surface area contributed by atoms with Crippen molar-refractivity contribution in [2.75, 3.05) is 7.11 Å². The van der Waals surface area contributed by atoms with Gasteiger partial charge in [0.2, 0.25) is 5.78 Å². The van der Waals surface area contributed by atoms with Crippen molar-refractivity contribution in [3.63, 3.8) is 0 Å². The number of aldehydes is 1. The summed E-state index contributed by atoms with van der Waals surface area (Å²) in [5.74, 6) is -1.55. The van der Waals surface area contributed by atoms with Gasteiger partial charge in [-0.2, -0.15) is 5.10 Å². The van der Waals surface area contributed by atoms with Crippen LogP contribution in [0.5, 0.6) is 5.75 Å². The number of nitrogens with zero attached hydrogens (tertiary/aromatic N) is 2. The molecule has 23 heavy (non-hydrogen) atoms. The van der Waals surface area contributed by atoms with Gasteiger partial charge in [0.15, 0.2) is 6.29 Å². The van der Waals surface area contributed by atoms with Crippen LogP contribution < -0.4 is 4.74 Å². The maximum absolute atomic E-state index is 11.7. The van der Waals surface area contributed by atoms with Gasteiger partial charge in [-0.3, -0.25) is 14.7 Å². The second-order valence-corrected chi connectivity index (χ2v) is 4.58.